The van der Waals surface area contributed by atoms with Gasteiger partial charge in [0.05, 0.1) is 13.2 Å². The third kappa shape index (κ3) is 6.14. The Balaban J connectivity index is 1.79. The van der Waals surface area contributed by atoms with Gasteiger partial charge in [0.25, 0.3) is 8.32 Å². The average Bonchev–Trinajstić information content (AvgIpc) is 2.85. The number of aliphatic hydroxyl groups excluding tert-OH is 1. The van der Waals surface area contributed by atoms with E-state index in [1.54, 1.807) is 0 Å². The fraction of sp³-hybridized carbons (Fsp3) is 0.321. The summed E-state index contributed by atoms with van der Waals surface area (Å²) < 4.78 is 12.4. The molecule has 3 aromatic carbocycles. The number of nitrogens with zero attached hydrogens (tertiary/aromatic N) is 1. The number of carbonyl (C=O) groups excluding carboxylic acids is 1. The molecule has 0 aliphatic carbocycles. The maximum absolute atomic E-state index is 12.7. The smallest absolute Gasteiger partial charge is 0.410 e. The Bertz CT molecular complexity index is 967. The van der Waals surface area contributed by atoms with E-state index in [-0.39, 0.29) is 24.8 Å². The van der Waals surface area contributed by atoms with Crippen LogP contribution in [0.3, 0.4) is 0 Å². The molecule has 0 heterocycles. The molecular formula is C28H35NO4Si. The zero-order chi connectivity index (χ0) is 24.4. The third-order valence-corrected chi connectivity index (χ3v) is 11.0. The summed E-state index contributed by atoms with van der Waals surface area (Å²) >= 11 is 0. The second-order valence-electron chi connectivity index (χ2n) is 9.26. The summed E-state index contributed by atoms with van der Waals surface area (Å²) in [6.07, 6.45) is -0.455. The fourth-order valence-electron chi connectivity index (χ4n) is 4.30. The fourth-order valence-corrected chi connectivity index (χ4v) is 8.85. The third-order valence-electron chi connectivity index (χ3n) is 5.93. The Kier molecular flexibility index (Phi) is 9.04. The van der Waals surface area contributed by atoms with Gasteiger partial charge >= 0.3 is 6.09 Å². The first-order valence-corrected chi connectivity index (χ1v) is 13.6. The molecule has 1 N–H and O–H groups in total. The molecule has 1 amide bonds. The van der Waals surface area contributed by atoms with Crippen molar-refractivity contribution < 1.29 is 19.1 Å². The monoisotopic (exact) mass is 477 g/mol. The number of hydrogen-bond acceptors (Lipinski definition) is 4. The van der Waals surface area contributed by atoms with Crippen molar-refractivity contribution in [3.8, 4) is 0 Å². The Hall–Kier alpha value is -2.93. The predicted molar refractivity (Wildman–Crippen MR) is 139 cm³/mol. The molecule has 0 atom stereocenters. The predicted octanol–water partition coefficient (Wildman–Crippen LogP) is 4.19. The molecule has 0 spiro atoms. The molecule has 3 aromatic rings. The van der Waals surface area contributed by atoms with E-state index in [4.69, 9.17) is 9.16 Å². The van der Waals surface area contributed by atoms with E-state index >= 15 is 0 Å². The molecule has 0 aliphatic rings. The summed E-state index contributed by atoms with van der Waals surface area (Å²) in [4.78, 5) is 14.3. The lowest BCUT2D eigenvalue weighted by atomic mass is 10.2. The van der Waals surface area contributed by atoms with Gasteiger partial charge in [-0.1, -0.05) is 112 Å². The number of ether oxygens (including phenoxy) is 1. The lowest BCUT2D eigenvalue weighted by molar-refractivity contribution is 0.0819. The summed E-state index contributed by atoms with van der Waals surface area (Å²) in [5.74, 6) is 0. The summed E-state index contributed by atoms with van der Waals surface area (Å²) in [7, 11) is -2.69. The van der Waals surface area contributed by atoms with Gasteiger partial charge in [-0.05, 0) is 21.0 Å². The van der Waals surface area contributed by atoms with Crippen LogP contribution < -0.4 is 10.4 Å². The van der Waals surface area contributed by atoms with Crippen molar-refractivity contribution in [1.82, 2.24) is 4.90 Å². The maximum Gasteiger partial charge on any atom is 0.410 e. The molecule has 0 fully saturated rings. The van der Waals surface area contributed by atoms with Gasteiger partial charge in [-0.25, -0.2) is 4.79 Å². The Morgan fingerprint density at radius 2 is 1.32 bits per heavy atom. The average molecular weight is 478 g/mol. The van der Waals surface area contributed by atoms with Crippen molar-refractivity contribution in [2.75, 3.05) is 26.3 Å². The number of aliphatic hydroxyl groups is 1. The van der Waals surface area contributed by atoms with E-state index in [9.17, 15) is 9.90 Å². The summed E-state index contributed by atoms with van der Waals surface area (Å²) in [5, 5.41) is 11.8. The van der Waals surface area contributed by atoms with Crippen LogP contribution in [-0.2, 0) is 15.8 Å². The highest BCUT2D eigenvalue weighted by Gasteiger charge is 2.50. The minimum Gasteiger partial charge on any atom is -0.445 e. The molecule has 0 bridgehead atoms. The lowest BCUT2D eigenvalue weighted by Crippen LogP contribution is -2.67. The second kappa shape index (κ2) is 12.0. The van der Waals surface area contributed by atoms with Crippen molar-refractivity contribution >= 4 is 24.8 Å². The van der Waals surface area contributed by atoms with Gasteiger partial charge in [0.1, 0.15) is 6.61 Å². The van der Waals surface area contributed by atoms with Crippen LogP contribution >= 0.6 is 0 Å². The first kappa shape index (κ1) is 25.7. The first-order chi connectivity index (χ1) is 16.4. The molecule has 5 nitrogen and oxygen atoms in total. The summed E-state index contributed by atoms with van der Waals surface area (Å²) in [6.45, 7) is 7.58. The SMILES string of the molecule is CC(C)(C)[Si](OCCN(CCO)C(=O)OCc1ccccc1)(c1ccccc1)c1ccccc1. The van der Waals surface area contributed by atoms with Crippen LogP contribution in [0.4, 0.5) is 4.79 Å². The molecule has 3 rings (SSSR count). The standard InChI is InChI=1S/C28H35NO4Si/c1-28(2,3)34(25-15-9-5-10-16-25,26-17-11-6-12-18-26)33-22-20-29(19-21-30)27(31)32-23-24-13-7-4-8-14-24/h4-18,30H,19-23H2,1-3H3. The van der Waals surface area contributed by atoms with Crippen molar-refractivity contribution in [3.05, 3.63) is 96.6 Å². The number of amides is 1. The normalized spacial score (nSPS) is 11.8. The quantitative estimate of drug-likeness (QED) is 0.445. The Morgan fingerprint density at radius 3 is 1.79 bits per heavy atom. The molecule has 0 saturated heterocycles. The summed E-state index contributed by atoms with van der Waals surface area (Å²) in [5.41, 5.74) is 0.920. The van der Waals surface area contributed by atoms with E-state index in [0.29, 0.717) is 13.2 Å². The van der Waals surface area contributed by atoms with Gasteiger partial charge in [-0.3, -0.25) is 0 Å². The number of carbonyl (C=O) groups is 1. The van der Waals surface area contributed by atoms with Crippen molar-refractivity contribution in [2.24, 2.45) is 0 Å². The van der Waals surface area contributed by atoms with Crippen LogP contribution in [0, 0.1) is 0 Å². The van der Waals surface area contributed by atoms with Crippen LogP contribution in [0.15, 0.2) is 91.0 Å². The van der Waals surface area contributed by atoms with Crippen molar-refractivity contribution in [2.45, 2.75) is 32.4 Å². The van der Waals surface area contributed by atoms with Crippen molar-refractivity contribution in [3.63, 3.8) is 0 Å². The molecule has 34 heavy (non-hydrogen) atoms. The van der Waals surface area contributed by atoms with E-state index in [2.05, 4.69) is 45.0 Å². The van der Waals surface area contributed by atoms with E-state index < -0.39 is 14.4 Å². The molecule has 0 saturated carbocycles. The van der Waals surface area contributed by atoms with E-state index in [1.807, 2.05) is 66.7 Å². The molecule has 0 unspecified atom stereocenters. The second-order valence-corrected chi connectivity index (χ2v) is 13.6. The zero-order valence-corrected chi connectivity index (χ0v) is 21.3. The van der Waals surface area contributed by atoms with E-state index in [1.165, 1.54) is 15.3 Å². The topological polar surface area (TPSA) is 59.0 Å². The van der Waals surface area contributed by atoms with Crippen LogP contribution in [0.5, 0.6) is 0 Å². The van der Waals surface area contributed by atoms with Crippen LogP contribution in [0.25, 0.3) is 0 Å². The van der Waals surface area contributed by atoms with Crippen LogP contribution in [0.1, 0.15) is 26.3 Å². The van der Waals surface area contributed by atoms with Gasteiger partial charge in [-0.15, -0.1) is 0 Å². The minimum absolute atomic E-state index is 0.139. The van der Waals surface area contributed by atoms with Crippen LogP contribution in [-0.4, -0.2) is 50.7 Å². The first-order valence-electron chi connectivity index (χ1n) is 11.7. The number of rotatable bonds is 10. The van der Waals surface area contributed by atoms with Gasteiger partial charge in [0.2, 0.25) is 0 Å². The Morgan fingerprint density at radius 1 is 0.824 bits per heavy atom. The molecule has 0 aliphatic heterocycles. The Labute approximate surface area is 204 Å². The van der Waals surface area contributed by atoms with Crippen molar-refractivity contribution in [1.29, 1.82) is 0 Å². The van der Waals surface area contributed by atoms with Gasteiger partial charge in [0, 0.05) is 13.1 Å². The molecule has 6 heteroatoms. The highest BCUT2D eigenvalue weighted by molar-refractivity contribution is 6.99. The van der Waals surface area contributed by atoms with Gasteiger partial charge in [0.15, 0.2) is 0 Å². The number of hydrogen-bond donors (Lipinski definition) is 1. The minimum atomic E-state index is -2.69. The number of benzene rings is 3. The largest absolute Gasteiger partial charge is 0.445 e. The molecule has 0 radical (unpaired) electrons. The van der Waals surface area contributed by atoms with Gasteiger partial charge < -0.3 is 19.2 Å². The van der Waals surface area contributed by atoms with E-state index in [0.717, 1.165) is 5.56 Å². The molecular weight excluding hydrogens is 442 g/mol. The van der Waals surface area contributed by atoms with Gasteiger partial charge in [-0.2, -0.15) is 0 Å². The van der Waals surface area contributed by atoms with Crippen LogP contribution in [0.2, 0.25) is 5.04 Å². The molecule has 180 valence electrons. The summed E-state index contributed by atoms with van der Waals surface area (Å²) in [6, 6.07) is 30.4. The lowest BCUT2D eigenvalue weighted by Gasteiger charge is -2.43. The highest BCUT2D eigenvalue weighted by Crippen LogP contribution is 2.36. The maximum atomic E-state index is 12.7. The highest BCUT2D eigenvalue weighted by atomic mass is 28.4. The molecule has 0 aromatic heterocycles. The zero-order valence-electron chi connectivity index (χ0n) is 20.3.